The van der Waals surface area contributed by atoms with E-state index in [4.69, 9.17) is 9.47 Å². The summed E-state index contributed by atoms with van der Waals surface area (Å²) in [7, 11) is -0.0185. The van der Waals surface area contributed by atoms with Crippen molar-refractivity contribution in [1.29, 1.82) is 0 Å². The van der Waals surface area contributed by atoms with Crippen LogP contribution in [0.1, 0.15) is 47.6 Å². The van der Waals surface area contributed by atoms with E-state index in [0.717, 1.165) is 62.3 Å². The fourth-order valence-electron chi connectivity index (χ4n) is 4.94. The van der Waals surface area contributed by atoms with Gasteiger partial charge in [0.05, 0.1) is 19.1 Å². The van der Waals surface area contributed by atoms with Crippen molar-refractivity contribution in [3.63, 3.8) is 0 Å². The Bertz CT molecular complexity index is 1040. The van der Waals surface area contributed by atoms with Gasteiger partial charge < -0.3 is 9.47 Å². The number of methoxy groups -OCH3 is 2. The SMILES string of the molecule is COc1cc2c3c(c1OC)CCC3N(CCCCNS(=O)(=O)c1ccc(C)cc1)CC2.Cl. The van der Waals surface area contributed by atoms with Crippen molar-refractivity contribution in [2.45, 2.75) is 50.0 Å². The Balaban J connectivity index is 0.00000289. The second-order valence-electron chi connectivity index (χ2n) is 8.42. The molecule has 8 heteroatoms. The quantitative estimate of drug-likeness (QED) is 0.548. The summed E-state index contributed by atoms with van der Waals surface area (Å²) in [5.74, 6) is 1.72. The molecule has 2 aromatic rings. The number of halogens is 1. The standard InChI is InChI=1S/C24H32N2O4S.ClH/c1-17-6-8-19(9-7-17)31(27,28)25-13-4-5-14-26-15-12-18-16-22(29-2)24(30-3)20-10-11-21(26)23(18)20;/h6-9,16,21,25H,4-5,10-15H2,1-3H3;1H. The third-order valence-corrected chi connectivity index (χ3v) is 7.98. The number of nitrogens with one attached hydrogen (secondary N) is 1. The van der Waals surface area contributed by atoms with Crippen LogP contribution in [0.4, 0.5) is 0 Å². The van der Waals surface area contributed by atoms with Crippen molar-refractivity contribution in [3.8, 4) is 11.5 Å². The number of ether oxygens (including phenoxy) is 2. The van der Waals surface area contributed by atoms with Crippen LogP contribution >= 0.6 is 12.4 Å². The Hall–Kier alpha value is -1.80. The molecule has 32 heavy (non-hydrogen) atoms. The molecule has 0 saturated heterocycles. The first kappa shape index (κ1) is 24.8. The van der Waals surface area contributed by atoms with Crippen LogP contribution < -0.4 is 14.2 Å². The molecule has 0 amide bonds. The van der Waals surface area contributed by atoms with Gasteiger partial charge in [0.15, 0.2) is 11.5 Å². The van der Waals surface area contributed by atoms with Crippen molar-refractivity contribution in [2.75, 3.05) is 33.9 Å². The van der Waals surface area contributed by atoms with Gasteiger partial charge in [-0.05, 0) is 74.9 Å². The van der Waals surface area contributed by atoms with Gasteiger partial charge in [0.25, 0.3) is 0 Å². The van der Waals surface area contributed by atoms with E-state index in [1.165, 1.54) is 16.7 Å². The first-order valence-corrected chi connectivity index (χ1v) is 12.5. The molecule has 1 aliphatic carbocycles. The second kappa shape index (κ2) is 10.4. The highest BCUT2D eigenvalue weighted by Gasteiger charge is 2.36. The van der Waals surface area contributed by atoms with E-state index in [2.05, 4.69) is 15.7 Å². The van der Waals surface area contributed by atoms with Crippen molar-refractivity contribution in [2.24, 2.45) is 0 Å². The highest BCUT2D eigenvalue weighted by atomic mass is 35.5. The normalized spacial score (nSPS) is 17.5. The van der Waals surface area contributed by atoms with E-state index in [0.29, 0.717) is 17.5 Å². The minimum Gasteiger partial charge on any atom is -0.493 e. The van der Waals surface area contributed by atoms with Gasteiger partial charge >= 0.3 is 0 Å². The molecular weight excluding hydrogens is 448 g/mol. The van der Waals surface area contributed by atoms with E-state index in [1.54, 1.807) is 26.4 Å². The monoisotopic (exact) mass is 480 g/mol. The van der Waals surface area contributed by atoms with Gasteiger partial charge in [-0.15, -0.1) is 12.4 Å². The van der Waals surface area contributed by atoms with Crippen molar-refractivity contribution in [1.82, 2.24) is 9.62 Å². The van der Waals surface area contributed by atoms with Crippen LogP contribution in [0.5, 0.6) is 11.5 Å². The van der Waals surface area contributed by atoms with Crippen molar-refractivity contribution >= 4 is 22.4 Å². The summed E-state index contributed by atoms with van der Waals surface area (Å²) < 4.78 is 38.8. The smallest absolute Gasteiger partial charge is 0.240 e. The van der Waals surface area contributed by atoms with Crippen LogP contribution in [0.15, 0.2) is 35.2 Å². The molecule has 0 radical (unpaired) electrons. The van der Waals surface area contributed by atoms with Crippen molar-refractivity contribution in [3.05, 3.63) is 52.6 Å². The molecule has 0 bridgehead atoms. The molecule has 0 spiro atoms. The summed E-state index contributed by atoms with van der Waals surface area (Å²) >= 11 is 0. The van der Waals surface area contributed by atoms with Crippen LogP contribution in [-0.4, -0.2) is 47.2 Å². The lowest BCUT2D eigenvalue weighted by atomic mass is 9.92. The molecule has 1 aliphatic heterocycles. The number of nitrogens with zero attached hydrogens (tertiary/aromatic N) is 1. The Morgan fingerprint density at radius 3 is 2.53 bits per heavy atom. The fraction of sp³-hybridized carbons (Fsp3) is 0.500. The van der Waals surface area contributed by atoms with E-state index in [9.17, 15) is 8.42 Å². The highest BCUT2D eigenvalue weighted by Crippen LogP contribution is 2.48. The summed E-state index contributed by atoms with van der Waals surface area (Å²) in [4.78, 5) is 2.88. The Morgan fingerprint density at radius 2 is 1.84 bits per heavy atom. The summed E-state index contributed by atoms with van der Waals surface area (Å²) in [6, 6.07) is 9.54. The predicted octanol–water partition coefficient (Wildman–Crippen LogP) is 4.04. The zero-order chi connectivity index (χ0) is 22.0. The number of hydrogen-bond donors (Lipinski definition) is 1. The van der Waals surface area contributed by atoms with Crippen LogP contribution in [-0.2, 0) is 22.9 Å². The van der Waals surface area contributed by atoms with Gasteiger partial charge in [-0.2, -0.15) is 0 Å². The number of hydrogen-bond acceptors (Lipinski definition) is 5. The molecule has 2 aliphatic rings. The number of rotatable bonds is 9. The molecule has 0 aromatic heterocycles. The molecule has 1 heterocycles. The topological polar surface area (TPSA) is 67.9 Å². The number of unbranched alkanes of at least 4 members (excludes halogenated alkanes) is 1. The maximum Gasteiger partial charge on any atom is 0.240 e. The predicted molar refractivity (Wildman–Crippen MR) is 129 cm³/mol. The van der Waals surface area contributed by atoms with Gasteiger partial charge in [-0.1, -0.05) is 17.7 Å². The molecule has 6 nitrogen and oxygen atoms in total. The maximum atomic E-state index is 12.4. The van der Waals surface area contributed by atoms with Crippen LogP contribution in [0.3, 0.4) is 0 Å². The van der Waals surface area contributed by atoms with Gasteiger partial charge in [0.2, 0.25) is 10.0 Å². The van der Waals surface area contributed by atoms with Crippen LogP contribution in [0, 0.1) is 6.92 Å². The summed E-state index contributed by atoms with van der Waals surface area (Å²) in [6.45, 7) is 4.41. The zero-order valence-corrected chi connectivity index (χ0v) is 20.7. The Kier molecular flexibility index (Phi) is 8.09. The number of benzene rings is 2. The molecule has 1 atom stereocenters. The maximum absolute atomic E-state index is 12.4. The third-order valence-electron chi connectivity index (χ3n) is 6.50. The molecule has 176 valence electrons. The fourth-order valence-corrected chi connectivity index (χ4v) is 6.01. The molecule has 2 aromatic carbocycles. The molecular formula is C24H33ClN2O4S. The van der Waals surface area contributed by atoms with Gasteiger partial charge in [0.1, 0.15) is 0 Å². The first-order valence-electron chi connectivity index (χ1n) is 11.0. The second-order valence-corrected chi connectivity index (χ2v) is 10.2. The molecule has 1 unspecified atom stereocenters. The summed E-state index contributed by atoms with van der Waals surface area (Å²) in [6.07, 6.45) is 4.91. The molecule has 0 saturated carbocycles. The lowest BCUT2D eigenvalue weighted by molar-refractivity contribution is 0.182. The molecule has 1 N–H and O–H groups in total. The van der Waals surface area contributed by atoms with Gasteiger partial charge in [0, 0.05) is 24.7 Å². The largest absolute Gasteiger partial charge is 0.493 e. The van der Waals surface area contributed by atoms with Gasteiger partial charge in [-0.3, -0.25) is 4.90 Å². The van der Waals surface area contributed by atoms with Crippen molar-refractivity contribution < 1.29 is 17.9 Å². The summed E-state index contributed by atoms with van der Waals surface area (Å²) in [5.41, 5.74) is 5.17. The van der Waals surface area contributed by atoms with E-state index >= 15 is 0 Å². The lowest BCUT2D eigenvalue weighted by Gasteiger charge is -2.35. The average Bonchev–Trinajstić information content (AvgIpc) is 3.21. The number of sulfonamides is 1. The molecule has 4 rings (SSSR count). The first-order chi connectivity index (χ1) is 14.9. The zero-order valence-electron chi connectivity index (χ0n) is 19.0. The Morgan fingerprint density at radius 1 is 1.09 bits per heavy atom. The van der Waals surface area contributed by atoms with E-state index < -0.39 is 10.0 Å². The number of aryl methyl sites for hydroxylation is 1. The summed E-state index contributed by atoms with van der Waals surface area (Å²) in [5, 5.41) is 0. The Labute approximate surface area is 197 Å². The van der Waals surface area contributed by atoms with Gasteiger partial charge in [-0.25, -0.2) is 13.1 Å². The van der Waals surface area contributed by atoms with Crippen LogP contribution in [0.25, 0.3) is 0 Å². The highest BCUT2D eigenvalue weighted by molar-refractivity contribution is 7.89. The van der Waals surface area contributed by atoms with E-state index in [-0.39, 0.29) is 12.4 Å². The molecule has 0 fully saturated rings. The lowest BCUT2D eigenvalue weighted by Crippen LogP contribution is -2.35. The third kappa shape index (κ3) is 4.91. The average molecular weight is 481 g/mol. The van der Waals surface area contributed by atoms with E-state index in [1.807, 2.05) is 19.1 Å². The van der Waals surface area contributed by atoms with Crippen LogP contribution in [0.2, 0.25) is 0 Å². The minimum atomic E-state index is -3.43. The minimum absolute atomic E-state index is 0.